The van der Waals surface area contributed by atoms with E-state index in [1.165, 1.54) is 0 Å². The lowest BCUT2D eigenvalue weighted by atomic mass is 9.44. The molecular weight excluding hydrogens is 340 g/mol. The fourth-order valence-corrected chi connectivity index (χ4v) is 6.91. The first kappa shape index (κ1) is 19.4. The summed E-state index contributed by atoms with van der Waals surface area (Å²) >= 11 is 0. The van der Waals surface area contributed by atoms with Gasteiger partial charge in [-0.15, -0.1) is 6.58 Å². The molecular formula is C23H34O4. The van der Waals surface area contributed by atoms with E-state index in [1.54, 1.807) is 6.08 Å². The number of hydrogen-bond donors (Lipinski definition) is 1. The summed E-state index contributed by atoms with van der Waals surface area (Å²) in [5.41, 5.74) is -0.438. The molecule has 4 aliphatic rings. The van der Waals surface area contributed by atoms with Gasteiger partial charge in [0, 0.05) is 23.2 Å². The molecule has 1 saturated heterocycles. The van der Waals surface area contributed by atoms with E-state index in [1.807, 2.05) is 6.92 Å². The van der Waals surface area contributed by atoms with Gasteiger partial charge in [-0.3, -0.25) is 4.79 Å². The van der Waals surface area contributed by atoms with Gasteiger partial charge in [0.1, 0.15) is 5.78 Å². The third-order valence-corrected chi connectivity index (χ3v) is 8.84. The van der Waals surface area contributed by atoms with E-state index in [-0.39, 0.29) is 29.3 Å². The number of ketones is 1. The molecule has 1 aliphatic heterocycles. The van der Waals surface area contributed by atoms with E-state index in [0.717, 1.165) is 31.3 Å². The summed E-state index contributed by atoms with van der Waals surface area (Å²) in [7, 11) is 0. The molecule has 150 valence electrons. The zero-order valence-corrected chi connectivity index (χ0v) is 17.0. The van der Waals surface area contributed by atoms with E-state index >= 15 is 0 Å². The Morgan fingerprint density at radius 2 is 1.81 bits per heavy atom. The van der Waals surface area contributed by atoms with E-state index in [2.05, 4.69) is 27.0 Å². The topological polar surface area (TPSA) is 55.8 Å². The second-order valence-corrected chi connectivity index (χ2v) is 9.91. The van der Waals surface area contributed by atoms with Crippen molar-refractivity contribution in [3.8, 4) is 0 Å². The minimum Gasteiger partial charge on any atom is -0.388 e. The van der Waals surface area contributed by atoms with Crippen LogP contribution in [0.4, 0.5) is 0 Å². The zero-order valence-electron chi connectivity index (χ0n) is 17.0. The Hall–Kier alpha value is -0.970. The van der Waals surface area contributed by atoms with E-state index in [0.29, 0.717) is 25.6 Å². The fraction of sp³-hybridized carbons (Fsp3) is 0.783. The Kier molecular flexibility index (Phi) is 4.49. The standard InChI is InChI=1S/C23H34O4/c1-6-21(4)13-17(24)22(5)14(2)7-9-23(15(3)19(21)25)10-8-16(18(22)23)20-26-11-12-27-20/h6,14,16,18-20,25H,1,3,7-13H2,2,4-5H3/t14-,16-,18?,19+,21+,22+,23+/m1/s1. The monoisotopic (exact) mass is 374 g/mol. The largest absolute Gasteiger partial charge is 0.388 e. The zero-order chi connectivity index (χ0) is 19.6. The van der Waals surface area contributed by atoms with Crippen LogP contribution in [0, 0.1) is 34.0 Å². The van der Waals surface area contributed by atoms with Crippen molar-refractivity contribution in [1.82, 2.24) is 0 Å². The van der Waals surface area contributed by atoms with Crippen LogP contribution in [-0.4, -0.2) is 36.5 Å². The van der Waals surface area contributed by atoms with E-state index in [4.69, 9.17) is 9.47 Å². The van der Waals surface area contributed by atoms with E-state index < -0.39 is 16.9 Å². The van der Waals surface area contributed by atoms with Crippen molar-refractivity contribution in [3.05, 3.63) is 24.8 Å². The van der Waals surface area contributed by atoms with Gasteiger partial charge in [0.2, 0.25) is 0 Å². The summed E-state index contributed by atoms with van der Waals surface area (Å²) in [5.74, 6) is 0.840. The molecule has 4 rings (SSSR count). The van der Waals surface area contributed by atoms with Crippen molar-refractivity contribution in [2.75, 3.05) is 13.2 Å². The molecule has 0 spiro atoms. The molecule has 3 aliphatic carbocycles. The Bertz CT molecular complexity index is 665. The number of aliphatic hydroxyl groups is 1. The SMILES string of the molecule is C=C[C@@]1(C)CC(=O)[C@@]2(C)C3[C@H](C4OCCO4)CC[C@@]3(CC[C@H]2C)C(=C)[C@@H]1O. The van der Waals surface area contributed by atoms with Crippen LogP contribution in [0.25, 0.3) is 0 Å². The van der Waals surface area contributed by atoms with Crippen LogP contribution in [0.5, 0.6) is 0 Å². The van der Waals surface area contributed by atoms with Crippen LogP contribution in [0.15, 0.2) is 24.8 Å². The molecule has 1 heterocycles. The molecule has 0 aromatic heterocycles. The van der Waals surface area contributed by atoms with Crippen molar-refractivity contribution < 1.29 is 19.4 Å². The summed E-state index contributed by atoms with van der Waals surface area (Å²) in [6.07, 6.45) is 4.97. The summed E-state index contributed by atoms with van der Waals surface area (Å²) in [5, 5.41) is 11.3. The van der Waals surface area contributed by atoms with Gasteiger partial charge in [-0.1, -0.05) is 33.4 Å². The highest BCUT2D eigenvalue weighted by Crippen LogP contribution is 2.69. The average molecular weight is 375 g/mol. The number of ether oxygens (including phenoxy) is 2. The molecule has 3 saturated carbocycles. The number of Topliss-reactive ketones (excluding diaryl/α,β-unsaturated/α-hetero) is 1. The third kappa shape index (κ3) is 2.42. The highest BCUT2D eigenvalue weighted by molar-refractivity contribution is 5.87. The van der Waals surface area contributed by atoms with Crippen molar-refractivity contribution in [2.45, 2.75) is 65.3 Å². The smallest absolute Gasteiger partial charge is 0.160 e. The van der Waals surface area contributed by atoms with Crippen molar-refractivity contribution in [2.24, 2.45) is 34.0 Å². The first-order valence-electron chi connectivity index (χ1n) is 10.5. The summed E-state index contributed by atoms with van der Waals surface area (Å²) in [6.45, 7) is 16.0. The minimum atomic E-state index is -0.747. The van der Waals surface area contributed by atoms with Crippen LogP contribution in [-0.2, 0) is 14.3 Å². The number of aliphatic hydroxyl groups excluding tert-OH is 1. The predicted octanol–water partition coefficient (Wildman–Crippen LogP) is 3.89. The third-order valence-electron chi connectivity index (χ3n) is 8.84. The maximum atomic E-state index is 13.8. The summed E-state index contributed by atoms with van der Waals surface area (Å²) in [4.78, 5) is 13.8. The lowest BCUT2D eigenvalue weighted by molar-refractivity contribution is -0.167. The van der Waals surface area contributed by atoms with Gasteiger partial charge in [0.15, 0.2) is 6.29 Å². The van der Waals surface area contributed by atoms with E-state index in [9.17, 15) is 9.90 Å². The fourth-order valence-electron chi connectivity index (χ4n) is 6.91. The second kappa shape index (κ2) is 6.27. The second-order valence-electron chi connectivity index (χ2n) is 9.91. The molecule has 7 atom stereocenters. The summed E-state index contributed by atoms with van der Waals surface area (Å²) < 4.78 is 11.8. The molecule has 2 bridgehead atoms. The minimum absolute atomic E-state index is 0.112. The quantitative estimate of drug-likeness (QED) is 0.745. The van der Waals surface area contributed by atoms with Crippen LogP contribution >= 0.6 is 0 Å². The molecule has 27 heavy (non-hydrogen) atoms. The average Bonchev–Trinajstić information content (AvgIpc) is 3.31. The van der Waals surface area contributed by atoms with Gasteiger partial charge >= 0.3 is 0 Å². The predicted molar refractivity (Wildman–Crippen MR) is 104 cm³/mol. The molecule has 1 unspecified atom stereocenters. The maximum absolute atomic E-state index is 13.8. The first-order valence-corrected chi connectivity index (χ1v) is 10.5. The molecule has 4 fully saturated rings. The normalized spacial score (nSPS) is 51.0. The lowest BCUT2D eigenvalue weighted by Crippen LogP contribution is -2.59. The van der Waals surface area contributed by atoms with Gasteiger partial charge in [-0.25, -0.2) is 0 Å². The van der Waals surface area contributed by atoms with Crippen LogP contribution in [0.3, 0.4) is 0 Å². The summed E-state index contributed by atoms with van der Waals surface area (Å²) in [6, 6.07) is 0. The number of carbonyl (C=O) groups excluding carboxylic acids is 1. The van der Waals surface area contributed by atoms with Crippen molar-refractivity contribution in [1.29, 1.82) is 0 Å². The molecule has 4 heteroatoms. The lowest BCUT2D eigenvalue weighted by Gasteiger charge is -2.59. The molecule has 0 aromatic carbocycles. The van der Waals surface area contributed by atoms with Crippen molar-refractivity contribution >= 4 is 5.78 Å². The Morgan fingerprint density at radius 3 is 2.44 bits per heavy atom. The van der Waals surface area contributed by atoms with Crippen LogP contribution < -0.4 is 0 Å². The van der Waals surface area contributed by atoms with Gasteiger partial charge < -0.3 is 14.6 Å². The molecule has 4 nitrogen and oxygen atoms in total. The number of hydrogen-bond acceptors (Lipinski definition) is 4. The van der Waals surface area contributed by atoms with Crippen LogP contribution in [0.2, 0.25) is 0 Å². The Labute approximate surface area is 163 Å². The van der Waals surface area contributed by atoms with Gasteiger partial charge in [0.25, 0.3) is 0 Å². The first-order chi connectivity index (χ1) is 12.7. The molecule has 1 N–H and O–H groups in total. The highest BCUT2D eigenvalue weighted by Gasteiger charge is 2.67. The molecule has 0 amide bonds. The van der Waals surface area contributed by atoms with Gasteiger partial charge in [-0.2, -0.15) is 0 Å². The number of carbonyl (C=O) groups is 1. The molecule has 0 radical (unpaired) electrons. The van der Waals surface area contributed by atoms with Crippen molar-refractivity contribution in [3.63, 3.8) is 0 Å². The van der Waals surface area contributed by atoms with Gasteiger partial charge in [0.05, 0.1) is 19.3 Å². The van der Waals surface area contributed by atoms with Gasteiger partial charge in [-0.05, 0) is 48.5 Å². The maximum Gasteiger partial charge on any atom is 0.160 e. The Balaban J connectivity index is 1.88. The van der Waals surface area contributed by atoms with Crippen LogP contribution in [0.1, 0.15) is 52.9 Å². The highest BCUT2D eigenvalue weighted by atomic mass is 16.7. The number of rotatable bonds is 2. The molecule has 0 aromatic rings. The Morgan fingerprint density at radius 1 is 1.19 bits per heavy atom.